The van der Waals surface area contributed by atoms with E-state index in [1.54, 1.807) is 0 Å². The lowest BCUT2D eigenvalue weighted by atomic mass is 9.94. The quantitative estimate of drug-likeness (QED) is 0.145. The Morgan fingerprint density at radius 1 is 0.710 bits per heavy atom. The zero-order valence-corrected chi connectivity index (χ0v) is 19.3. The van der Waals surface area contributed by atoms with Crippen molar-refractivity contribution in [1.29, 1.82) is 0 Å². The highest BCUT2D eigenvalue weighted by molar-refractivity contribution is 5.64. The number of ether oxygens (including phenoxy) is 1. The first-order valence-corrected chi connectivity index (χ1v) is 12.1. The minimum absolute atomic E-state index is 0.160. The van der Waals surface area contributed by atoms with Crippen LogP contribution in [0, 0.1) is 11.6 Å². The number of unbranched alkanes of at least 4 members (excludes halogenated alkanes) is 12. The number of halogens is 2. The average molecular weight is 443 g/mol. The highest BCUT2D eigenvalue weighted by atomic mass is 19.2. The van der Waals surface area contributed by atoms with Crippen LogP contribution < -0.4 is 4.74 Å². The minimum atomic E-state index is -1.78. The van der Waals surface area contributed by atoms with E-state index < -0.39 is 29.3 Å². The van der Waals surface area contributed by atoms with Gasteiger partial charge in [0.25, 0.3) is 0 Å². The number of hydrogen-bond acceptors (Lipinski definition) is 3. The summed E-state index contributed by atoms with van der Waals surface area (Å²) in [7, 11) is 0. The second kappa shape index (κ2) is 15.9. The van der Waals surface area contributed by atoms with Gasteiger partial charge in [-0.25, -0.2) is 9.18 Å². The molecule has 0 saturated heterocycles. The van der Waals surface area contributed by atoms with E-state index in [1.807, 2.05) is 0 Å². The SMILES string of the molecule is CCCCCCCCCc1c(O)c(OC(=O)O)c(F)c(F)c1CCCCCCCCC. The van der Waals surface area contributed by atoms with Gasteiger partial charge in [0.1, 0.15) is 0 Å². The molecule has 0 radical (unpaired) electrons. The lowest BCUT2D eigenvalue weighted by molar-refractivity contribution is 0.140. The van der Waals surface area contributed by atoms with Crippen molar-refractivity contribution in [2.45, 2.75) is 117 Å². The van der Waals surface area contributed by atoms with E-state index >= 15 is 0 Å². The van der Waals surface area contributed by atoms with E-state index in [0.717, 1.165) is 44.9 Å². The van der Waals surface area contributed by atoms with Crippen LogP contribution in [0.3, 0.4) is 0 Å². The van der Waals surface area contributed by atoms with Crippen LogP contribution in [0.2, 0.25) is 0 Å². The lowest BCUT2D eigenvalue weighted by Crippen LogP contribution is -2.10. The zero-order chi connectivity index (χ0) is 23.1. The number of carbonyl (C=O) groups is 1. The molecule has 31 heavy (non-hydrogen) atoms. The summed E-state index contributed by atoms with van der Waals surface area (Å²) in [6, 6.07) is 0. The molecule has 1 rings (SSSR count). The van der Waals surface area contributed by atoms with Gasteiger partial charge < -0.3 is 14.9 Å². The smallest absolute Gasteiger partial charge is 0.504 e. The van der Waals surface area contributed by atoms with Gasteiger partial charge in [0.15, 0.2) is 11.6 Å². The van der Waals surface area contributed by atoms with Crippen molar-refractivity contribution < 1.29 is 28.5 Å². The number of phenols is 1. The Kier molecular flexibility index (Phi) is 13.9. The summed E-state index contributed by atoms with van der Waals surface area (Å²) in [5.41, 5.74) is 0.446. The maximum atomic E-state index is 14.8. The number of aromatic hydroxyl groups is 1. The first kappa shape index (κ1) is 27.2. The Morgan fingerprint density at radius 2 is 1.13 bits per heavy atom. The number of phenolic OH excluding ortho intramolecular Hbond substituents is 1. The molecule has 0 fully saturated rings. The van der Waals surface area contributed by atoms with E-state index in [-0.39, 0.29) is 11.1 Å². The van der Waals surface area contributed by atoms with E-state index in [1.165, 1.54) is 38.5 Å². The fraction of sp³-hybridized carbons (Fsp3) is 0.720. The number of carboxylic acid groups (broad SMARTS) is 1. The predicted octanol–water partition coefficient (Wildman–Crippen LogP) is 8.31. The molecule has 2 N–H and O–H groups in total. The first-order valence-electron chi connectivity index (χ1n) is 12.1. The van der Waals surface area contributed by atoms with Crippen molar-refractivity contribution in [3.63, 3.8) is 0 Å². The maximum absolute atomic E-state index is 14.8. The monoisotopic (exact) mass is 442 g/mol. The summed E-state index contributed by atoms with van der Waals surface area (Å²) in [5.74, 6) is -4.03. The van der Waals surface area contributed by atoms with Gasteiger partial charge in [0.05, 0.1) is 0 Å². The maximum Gasteiger partial charge on any atom is 0.511 e. The molecule has 0 bridgehead atoms. The summed E-state index contributed by atoms with van der Waals surface area (Å²) in [6.45, 7) is 4.32. The molecule has 6 heteroatoms. The highest BCUT2D eigenvalue weighted by Crippen LogP contribution is 2.39. The van der Waals surface area contributed by atoms with Crippen LogP contribution in [0.1, 0.15) is 115 Å². The third kappa shape index (κ3) is 9.88. The standard InChI is InChI=1S/C25H40F2O4/c1-3-5-7-9-11-13-15-17-19-20(18-16-14-12-10-8-6-4-2)23(28)24(31-25(29)30)22(27)21(19)26/h28H,3-18H2,1-2H3,(H,29,30). The molecule has 1 aromatic rings. The molecule has 0 saturated carbocycles. The van der Waals surface area contributed by atoms with Crippen LogP contribution >= 0.6 is 0 Å². The van der Waals surface area contributed by atoms with Crippen molar-refractivity contribution in [2.75, 3.05) is 0 Å². The van der Waals surface area contributed by atoms with E-state index in [9.17, 15) is 18.7 Å². The fourth-order valence-corrected chi connectivity index (χ4v) is 3.98. The van der Waals surface area contributed by atoms with Gasteiger partial charge in [0.2, 0.25) is 11.6 Å². The van der Waals surface area contributed by atoms with E-state index in [2.05, 4.69) is 18.6 Å². The molecule has 0 amide bonds. The summed E-state index contributed by atoms with van der Waals surface area (Å²) in [4.78, 5) is 10.9. The minimum Gasteiger partial charge on any atom is -0.504 e. The molecule has 0 aromatic heterocycles. The summed E-state index contributed by atoms with van der Waals surface area (Å²) >= 11 is 0. The Hall–Kier alpha value is -1.85. The van der Waals surface area contributed by atoms with Gasteiger partial charge in [-0.3, -0.25) is 0 Å². The fourth-order valence-electron chi connectivity index (χ4n) is 3.98. The van der Waals surface area contributed by atoms with Gasteiger partial charge in [0, 0.05) is 5.56 Å². The lowest BCUT2D eigenvalue weighted by Gasteiger charge is -2.16. The molecular weight excluding hydrogens is 402 g/mol. The molecule has 0 aliphatic heterocycles. The van der Waals surface area contributed by atoms with E-state index in [4.69, 9.17) is 5.11 Å². The predicted molar refractivity (Wildman–Crippen MR) is 120 cm³/mol. The van der Waals surface area contributed by atoms with Crippen LogP contribution in [0.25, 0.3) is 0 Å². The molecule has 0 unspecified atom stereocenters. The van der Waals surface area contributed by atoms with Crippen molar-refractivity contribution in [3.8, 4) is 11.5 Å². The van der Waals surface area contributed by atoms with Crippen molar-refractivity contribution >= 4 is 6.16 Å². The second-order valence-electron chi connectivity index (χ2n) is 8.37. The second-order valence-corrected chi connectivity index (χ2v) is 8.37. The Bertz CT molecular complexity index is 662. The molecule has 1 aromatic carbocycles. The van der Waals surface area contributed by atoms with Gasteiger partial charge in [-0.2, -0.15) is 4.39 Å². The Labute approximate surface area is 186 Å². The number of benzene rings is 1. The molecule has 4 nitrogen and oxygen atoms in total. The van der Waals surface area contributed by atoms with Crippen molar-refractivity contribution in [2.24, 2.45) is 0 Å². The van der Waals surface area contributed by atoms with Crippen LogP contribution in [0.15, 0.2) is 0 Å². The van der Waals surface area contributed by atoms with Gasteiger partial charge in [-0.15, -0.1) is 0 Å². The zero-order valence-electron chi connectivity index (χ0n) is 19.3. The highest BCUT2D eigenvalue weighted by Gasteiger charge is 2.26. The summed E-state index contributed by atoms with van der Waals surface area (Å²) in [5, 5.41) is 19.3. The molecule has 0 heterocycles. The largest absolute Gasteiger partial charge is 0.511 e. The Morgan fingerprint density at radius 3 is 1.58 bits per heavy atom. The van der Waals surface area contributed by atoms with E-state index in [0.29, 0.717) is 19.3 Å². The summed E-state index contributed by atoms with van der Waals surface area (Å²) < 4.78 is 33.6. The van der Waals surface area contributed by atoms with Crippen molar-refractivity contribution in [3.05, 3.63) is 22.8 Å². The Balaban J connectivity index is 2.83. The average Bonchev–Trinajstić information content (AvgIpc) is 2.74. The van der Waals surface area contributed by atoms with Crippen LogP contribution in [-0.4, -0.2) is 16.4 Å². The van der Waals surface area contributed by atoms with Crippen molar-refractivity contribution in [1.82, 2.24) is 0 Å². The molecule has 0 spiro atoms. The molecule has 0 aliphatic carbocycles. The summed E-state index contributed by atoms with van der Waals surface area (Å²) in [6.07, 6.45) is 13.7. The first-order chi connectivity index (χ1) is 14.9. The third-order valence-electron chi connectivity index (χ3n) is 5.77. The van der Waals surface area contributed by atoms with Crippen LogP contribution in [0.5, 0.6) is 11.5 Å². The topological polar surface area (TPSA) is 66.8 Å². The third-order valence-corrected chi connectivity index (χ3v) is 5.77. The molecule has 0 aliphatic rings. The van der Waals surface area contributed by atoms with Crippen LogP contribution in [0.4, 0.5) is 13.6 Å². The van der Waals surface area contributed by atoms with Gasteiger partial charge in [-0.05, 0) is 31.2 Å². The number of hydrogen-bond donors (Lipinski definition) is 2. The van der Waals surface area contributed by atoms with Crippen LogP contribution in [-0.2, 0) is 12.8 Å². The van der Waals surface area contributed by atoms with Gasteiger partial charge >= 0.3 is 6.16 Å². The normalized spacial score (nSPS) is 11.1. The molecule has 0 atom stereocenters. The molecule has 178 valence electrons. The van der Waals surface area contributed by atoms with Gasteiger partial charge in [-0.1, -0.05) is 90.9 Å². The number of rotatable bonds is 17. The molecular formula is C25H40F2O4.